The lowest BCUT2D eigenvalue weighted by molar-refractivity contribution is -0.141. The summed E-state index contributed by atoms with van der Waals surface area (Å²) in [5, 5.41) is 0.153. The molecule has 0 unspecified atom stereocenters. The van der Waals surface area contributed by atoms with Crippen molar-refractivity contribution in [3.05, 3.63) is 51.8 Å². The summed E-state index contributed by atoms with van der Waals surface area (Å²) in [6, 6.07) is 7.12. The molecule has 0 fully saturated rings. The monoisotopic (exact) mass is 393 g/mol. The molecule has 0 amide bonds. The third kappa shape index (κ3) is 4.77. The van der Waals surface area contributed by atoms with Gasteiger partial charge >= 0.3 is 5.97 Å². The molecule has 0 saturated heterocycles. The first-order valence-corrected chi connectivity index (χ1v) is 9.28. The first kappa shape index (κ1) is 20.3. The van der Waals surface area contributed by atoms with Gasteiger partial charge in [0.2, 0.25) is 5.78 Å². The van der Waals surface area contributed by atoms with Crippen LogP contribution in [0.3, 0.4) is 0 Å². The average Bonchev–Trinajstić information content (AvgIpc) is 2.89. The van der Waals surface area contributed by atoms with Gasteiger partial charge in [0.1, 0.15) is 5.25 Å². The van der Waals surface area contributed by atoms with E-state index in [1.165, 1.54) is 18.7 Å². The third-order valence-electron chi connectivity index (χ3n) is 3.87. The van der Waals surface area contributed by atoms with E-state index < -0.39 is 11.2 Å². The molecule has 1 atom stereocenters. The summed E-state index contributed by atoms with van der Waals surface area (Å²) in [5.74, 6) is -0.957. The maximum absolute atomic E-state index is 12.3. The predicted octanol–water partition coefficient (Wildman–Crippen LogP) is 4.39. The maximum Gasteiger partial charge on any atom is 0.319 e. The standard InChI is InChI=1S/C19H20ClNO4S/c1-10-17(12(3)22)11(2)21-18(10)16(23)9-25-19(24)13(4)26-15-7-5-14(20)6-8-15/h5-8,13,21H,9H2,1-4H3/t13-/m1/s1. The van der Waals surface area contributed by atoms with E-state index in [2.05, 4.69) is 4.98 Å². The number of hydrogen-bond donors (Lipinski definition) is 1. The van der Waals surface area contributed by atoms with Gasteiger partial charge in [-0.25, -0.2) is 0 Å². The van der Waals surface area contributed by atoms with Crippen LogP contribution in [0.4, 0.5) is 0 Å². The van der Waals surface area contributed by atoms with Gasteiger partial charge < -0.3 is 9.72 Å². The molecule has 1 N–H and O–H groups in total. The van der Waals surface area contributed by atoms with E-state index in [0.29, 0.717) is 27.5 Å². The number of ketones is 2. The van der Waals surface area contributed by atoms with Crippen LogP contribution in [0.1, 0.15) is 46.0 Å². The Bertz CT molecular complexity index is 842. The first-order chi connectivity index (χ1) is 12.2. The first-order valence-electron chi connectivity index (χ1n) is 8.02. The number of ether oxygens (including phenoxy) is 1. The summed E-state index contributed by atoms with van der Waals surface area (Å²) in [4.78, 5) is 39.9. The molecular formula is C19H20ClNO4S. The van der Waals surface area contributed by atoms with Crippen LogP contribution in [0, 0.1) is 13.8 Å². The minimum atomic E-state index is -0.481. The normalized spacial score (nSPS) is 11.9. The van der Waals surface area contributed by atoms with Crippen LogP contribution >= 0.6 is 23.4 Å². The van der Waals surface area contributed by atoms with Crippen molar-refractivity contribution in [2.24, 2.45) is 0 Å². The van der Waals surface area contributed by atoms with Crippen molar-refractivity contribution in [2.75, 3.05) is 6.61 Å². The van der Waals surface area contributed by atoms with Crippen LogP contribution < -0.4 is 0 Å². The Kier molecular flexibility index (Phi) is 6.67. The Hall–Kier alpha value is -2.05. The lowest BCUT2D eigenvalue weighted by Crippen LogP contribution is -2.21. The molecule has 7 heteroatoms. The lowest BCUT2D eigenvalue weighted by Gasteiger charge is -2.11. The molecule has 0 aliphatic carbocycles. The van der Waals surface area contributed by atoms with Crippen molar-refractivity contribution in [3.8, 4) is 0 Å². The summed E-state index contributed by atoms with van der Waals surface area (Å²) in [7, 11) is 0. The Morgan fingerprint density at radius 2 is 1.81 bits per heavy atom. The molecule has 0 aliphatic rings. The molecular weight excluding hydrogens is 374 g/mol. The second kappa shape index (κ2) is 8.56. The van der Waals surface area contributed by atoms with Crippen molar-refractivity contribution in [3.63, 3.8) is 0 Å². The van der Waals surface area contributed by atoms with E-state index in [-0.39, 0.29) is 18.2 Å². The van der Waals surface area contributed by atoms with Crippen molar-refractivity contribution < 1.29 is 19.1 Å². The van der Waals surface area contributed by atoms with Gasteiger partial charge in [-0.05, 0) is 57.5 Å². The molecule has 1 aromatic carbocycles. The number of nitrogens with one attached hydrogen (secondary N) is 1. The highest BCUT2D eigenvalue weighted by Gasteiger charge is 2.22. The van der Waals surface area contributed by atoms with E-state index in [0.717, 1.165) is 4.90 Å². The molecule has 138 valence electrons. The predicted molar refractivity (Wildman–Crippen MR) is 102 cm³/mol. The van der Waals surface area contributed by atoms with Crippen LogP contribution in [0.5, 0.6) is 0 Å². The fourth-order valence-corrected chi connectivity index (χ4v) is 3.64. The molecule has 1 heterocycles. The molecule has 0 saturated carbocycles. The second-order valence-corrected chi connectivity index (χ2v) is 7.78. The highest BCUT2D eigenvalue weighted by atomic mass is 35.5. The number of Topliss-reactive ketones (excluding diaryl/α,β-unsaturated/α-hetero) is 2. The van der Waals surface area contributed by atoms with Crippen LogP contribution in [0.25, 0.3) is 0 Å². The fourth-order valence-electron chi connectivity index (χ4n) is 2.65. The van der Waals surface area contributed by atoms with E-state index in [4.69, 9.17) is 16.3 Å². The number of thioether (sulfide) groups is 1. The van der Waals surface area contributed by atoms with E-state index in [1.54, 1.807) is 32.9 Å². The summed E-state index contributed by atoms with van der Waals surface area (Å²) < 4.78 is 5.14. The number of rotatable bonds is 7. The number of aryl methyl sites for hydroxylation is 1. The average molecular weight is 394 g/mol. The fraction of sp³-hybridized carbons (Fsp3) is 0.316. The summed E-state index contributed by atoms with van der Waals surface area (Å²) in [6.45, 7) is 6.23. The molecule has 1 aromatic heterocycles. The van der Waals surface area contributed by atoms with Crippen LogP contribution in [-0.2, 0) is 9.53 Å². The largest absolute Gasteiger partial charge is 0.456 e. The highest BCUT2D eigenvalue weighted by molar-refractivity contribution is 8.00. The lowest BCUT2D eigenvalue weighted by atomic mass is 10.1. The van der Waals surface area contributed by atoms with Gasteiger partial charge in [0.05, 0.1) is 5.69 Å². The molecule has 26 heavy (non-hydrogen) atoms. The number of aromatic amines is 1. The number of benzene rings is 1. The Morgan fingerprint density at radius 3 is 2.35 bits per heavy atom. The van der Waals surface area contributed by atoms with Gasteiger partial charge in [0, 0.05) is 21.2 Å². The Balaban J connectivity index is 1.96. The van der Waals surface area contributed by atoms with E-state index >= 15 is 0 Å². The molecule has 2 rings (SSSR count). The maximum atomic E-state index is 12.3. The minimum absolute atomic E-state index is 0.111. The summed E-state index contributed by atoms with van der Waals surface area (Å²) >= 11 is 7.16. The minimum Gasteiger partial charge on any atom is -0.456 e. The summed E-state index contributed by atoms with van der Waals surface area (Å²) in [5.41, 5.74) is 2.03. The molecule has 5 nitrogen and oxygen atoms in total. The molecule has 2 aromatic rings. The molecule has 0 radical (unpaired) electrons. The number of esters is 1. The number of carbonyl (C=O) groups is 3. The van der Waals surface area contributed by atoms with Gasteiger partial charge in [-0.1, -0.05) is 11.6 Å². The van der Waals surface area contributed by atoms with E-state index in [1.807, 2.05) is 12.1 Å². The third-order valence-corrected chi connectivity index (χ3v) is 5.21. The Morgan fingerprint density at radius 1 is 1.19 bits per heavy atom. The van der Waals surface area contributed by atoms with Gasteiger partial charge in [-0.2, -0.15) is 0 Å². The van der Waals surface area contributed by atoms with Gasteiger partial charge in [0.15, 0.2) is 12.4 Å². The van der Waals surface area contributed by atoms with Crippen molar-refractivity contribution in [1.29, 1.82) is 0 Å². The molecule has 0 spiro atoms. The van der Waals surface area contributed by atoms with Crippen molar-refractivity contribution in [1.82, 2.24) is 4.98 Å². The van der Waals surface area contributed by atoms with E-state index in [9.17, 15) is 14.4 Å². The second-order valence-electron chi connectivity index (χ2n) is 5.93. The number of halogens is 1. The number of aromatic nitrogens is 1. The topological polar surface area (TPSA) is 76.2 Å². The Labute approximate surface area is 161 Å². The van der Waals surface area contributed by atoms with Crippen LogP contribution in [0.2, 0.25) is 5.02 Å². The summed E-state index contributed by atoms with van der Waals surface area (Å²) in [6.07, 6.45) is 0. The zero-order valence-corrected chi connectivity index (χ0v) is 16.6. The van der Waals surface area contributed by atoms with Crippen LogP contribution in [0.15, 0.2) is 29.2 Å². The van der Waals surface area contributed by atoms with Crippen molar-refractivity contribution in [2.45, 2.75) is 37.8 Å². The van der Waals surface area contributed by atoms with Gasteiger partial charge in [-0.15, -0.1) is 11.8 Å². The molecule has 0 bridgehead atoms. The molecule has 0 aliphatic heterocycles. The smallest absolute Gasteiger partial charge is 0.319 e. The van der Waals surface area contributed by atoms with Gasteiger partial charge in [-0.3, -0.25) is 14.4 Å². The zero-order valence-electron chi connectivity index (χ0n) is 15.0. The number of carbonyl (C=O) groups excluding carboxylic acids is 3. The number of hydrogen-bond acceptors (Lipinski definition) is 5. The quantitative estimate of drug-likeness (QED) is 0.428. The highest BCUT2D eigenvalue weighted by Crippen LogP contribution is 2.25. The SMILES string of the molecule is CC(=O)c1c(C)[nH]c(C(=O)COC(=O)[C@@H](C)Sc2ccc(Cl)cc2)c1C. The number of H-pyrrole nitrogens is 1. The van der Waals surface area contributed by atoms with Gasteiger partial charge in [0.25, 0.3) is 0 Å². The van der Waals surface area contributed by atoms with Crippen molar-refractivity contribution >= 4 is 40.9 Å². The van der Waals surface area contributed by atoms with Crippen LogP contribution in [-0.4, -0.2) is 34.4 Å². The zero-order chi connectivity index (χ0) is 19.4.